The van der Waals surface area contributed by atoms with Crippen molar-refractivity contribution in [2.75, 3.05) is 6.26 Å². The van der Waals surface area contributed by atoms with Crippen LogP contribution in [0.4, 0.5) is 0 Å². The van der Waals surface area contributed by atoms with Crippen molar-refractivity contribution < 1.29 is 8.42 Å². The molecule has 1 unspecified atom stereocenters. The van der Waals surface area contributed by atoms with Crippen LogP contribution < -0.4 is 5.32 Å². The highest BCUT2D eigenvalue weighted by molar-refractivity contribution is 9.10. The van der Waals surface area contributed by atoms with Gasteiger partial charge in [0.1, 0.15) is 5.69 Å². The zero-order chi connectivity index (χ0) is 14.3. The van der Waals surface area contributed by atoms with Crippen molar-refractivity contribution in [1.82, 2.24) is 15.1 Å². The normalized spacial score (nSPS) is 17.6. The number of fused-ring (bicyclic) bond motifs is 1. The lowest BCUT2D eigenvalue weighted by molar-refractivity contribution is 0.489. The highest BCUT2D eigenvalue weighted by Gasteiger charge is 2.29. The second-order valence-corrected chi connectivity index (χ2v) is 7.44. The van der Waals surface area contributed by atoms with E-state index in [1.807, 2.05) is 30.3 Å². The van der Waals surface area contributed by atoms with Gasteiger partial charge < -0.3 is 5.32 Å². The minimum atomic E-state index is -3.31. The summed E-state index contributed by atoms with van der Waals surface area (Å²) in [5, 5.41) is 7.26. The number of sulfone groups is 1. The van der Waals surface area contributed by atoms with Gasteiger partial charge in [-0.15, -0.1) is 0 Å². The molecule has 0 saturated carbocycles. The zero-order valence-corrected chi connectivity index (χ0v) is 13.0. The summed E-state index contributed by atoms with van der Waals surface area (Å²) in [6.45, 7) is 0. The van der Waals surface area contributed by atoms with Gasteiger partial charge in [-0.05, 0) is 22.0 Å². The van der Waals surface area contributed by atoms with E-state index in [0.29, 0.717) is 0 Å². The van der Waals surface area contributed by atoms with Crippen LogP contribution in [0.2, 0.25) is 0 Å². The van der Waals surface area contributed by atoms with Crippen LogP contribution in [0.5, 0.6) is 0 Å². The molecule has 7 heteroatoms. The molecule has 5 nitrogen and oxygen atoms in total. The molecular weight excluding hydrogens is 342 g/mol. The van der Waals surface area contributed by atoms with E-state index in [9.17, 15) is 8.42 Å². The van der Waals surface area contributed by atoms with Gasteiger partial charge in [-0.3, -0.25) is 0 Å². The maximum Gasteiger partial charge on any atom is 0.223 e. The average molecular weight is 354 g/mol. The third-order valence-corrected chi connectivity index (χ3v) is 4.97. The van der Waals surface area contributed by atoms with Crippen LogP contribution in [0, 0.1) is 0 Å². The fourth-order valence-electron chi connectivity index (χ4n) is 2.12. The van der Waals surface area contributed by atoms with E-state index in [1.165, 1.54) is 10.9 Å². The monoisotopic (exact) mass is 353 g/mol. The van der Waals surface area contributed by atoms with Crippen molar-refractivity contribution in [3.8, 4) is 11.3 Å². The van der Waals surface area contributed by atoms with Crippen LogP contribution in [0.3, 0.4) is 0 Å². The van der Waals surface area contributed by atoms with E-state index in [-0.39, 0.29) is 0 Å². The van der Waals surface area contributed by atoms with E-state index in [2.05, 4.69) is 26.3 Å². The Balaban J connectivity index is 2.19. The molecule has 1 N–H and O–H groups in total. The van der Waals surface area contributed by atoms with E-state index in [4.69, 9.17) is 0 Å². The molecule has 2 aromatic rings. The zero-order valence-electron chi connectivity index (χ0n) is 10.6. The maximum absolute atomic E-state index is 11.8. The quantitative estimate of drug-likeness (QED) is 0.900. The van der Waals surface area contributed by atoms with Gasteiger partial charge in [0.2, 0.25) is 5.50 Å². The van der Waals surface area contributed by atoms with Crippen molar-refractivity contribution in [3.05, 3.63) is 46.7 Å². The largest absolute Gasteiger partial charge is 0.357 e. The van der Waals surface area contributed by atoms with Crippen LogP contribution in [0.25, 0.3) is 17.3 Å². The fourth-order valence-corrected chi connectivity index (χ4v) is 3.59. The molecule has 0 saturated heterocycles. The third-order valence-electron chi connectivity index (χ3n) is 3.04. The number of halogens is 1. The Morgan fingerprint density at radius 1 is 1.30 bits per heavy atom. The molecule has 1 aliphatic heterocycles. The predicted molar refractivity (Wildman–Crippen MR) is 81.4 cm³/mol. The first kappa shape index (κ1) is 13.4. The summed E-state index contributed by atoms with van der Waals surface area (Å²) in [5.41, 5.74) is 1.51. The summed E-state index contributed by atoms with van der Waals surface area (Å²) < 4.78 is 25.9. The minimum Gasteiger partial charge on any atom is -0.357 e. The second kappa shape index (κ2) is 4.75. The summed E-state index contributed by atoms with van der Waals surface area (Å²) in [7, 11) is -3.31. The first-order valence-corrected chi connectivity index (χ1v) is 8.68. The molecule has 0 bridgehead atoms. The number of aromatic nitrogens is 2. The van der Waals surface area contributed by atoms with E-state index in [1.54, 1.807) is 12.3 Å². The molecule has 3 rings (SSSR count). The number of nitrogens with one attached hydrogen (secondary N) is 1. The topological polar surface area (TPSA) is 64.0 Å². The molecular formula is C13H12BrN3O2S. The highest BCUT2D eigenvalue weighted by atomic mass is 79.9. The molecule has 2 heterocycles. The summed E-state index contributed by atoms with van der Waals surface area (Å²) in [6, 6.07) is 9.63. The van der Waals surface area contributed by atoms with Crippen LogP contribution >= 0.6 is 15.9 Å². The van der Waals surface area contributed by atoms with Gasteiger partial charge in [-0.2, -0.15) is 5.10 Å². The molecule has 0 radical (unpaired) electrons. The lowest BCUT2D eigenvalue weighted by Crippen LogP contribution is -2.33. The molecule has 20 heavy (non-hydrogen) atoms. The third kappa shape index (κ3) is 2.16. The van der Waals surface area contributed by atoms with E-state index >= 15 is 0 Å². The molecule has 1 aromatic carbocycles. The Kier molecular flexibility index (Phi) is 3.18. The summed E-state index contributed by atoms with van der Waals surface area (Å²) in [5.74, 6) is 0. The summed E-state index contributed by atoms with van der Waals surface area (Å²) in [4.78, 5) is 0. The number of hydrogen-bond donors (Lipinski definition) is 1. The van der Waals surface area contributed by atoms with Crippen molar-refractivity contribution >= 4 is 31.8 Å². The minimum absolute atomic E-state index is 0.725. The first-order chi connectivity index (χ1) is 9.48. The smallest absolute Gasteiger partial charge is 0.223 e. The standard InChI is InChI=1S/C13H12BrN3O2S/c1-20(18,19)13-15-8-7-10-11(14)12(16-17(10)13)9-5-3-2-4-6-9/h2-8,13,15H,1H3. The Morgan fingerprint density at radius 3 is 2.65 bits per heavy atom. The molecule has 0 spiro atoms. The van der Waals surface area contributed by atoms with E-state index in [0.717, 1.165) is 21.4 Å². The molecule has 0 amide bonds. The molecule has 0 aliphatic carbocycles. The van der Waals surface area contributed by atoms with Gasteiger partial charge in [-0.25, -0.2) is 13.1 Å². The van der Waals surface area contributed by atoms with Crippen LogP contribution in [-0.2, 0) is 9.84 Å². The Morgan fingerprint density at radius 2 is 2.00 bits per heavy atom. The molecule has 104 valence electrons. The average Bonchev–Trinajstić information content (AvgIpc) is 2.76. The van der Waals surface area contributed by atoms with Crippen molar-refractivity contribution in [3.63, 3.8) is 0 Å². The predicted octanol–water partition coefficient (Wildman–Crippen LogP) is 2.39. The maximum atomic E-state index is 11.8. The lowest BCUT2D eigenvalue weighted by atomic mass is 10.1. The Bertz CT molecular complexity index is 781. The first-order valence-electron chi connectivity index (χ1n) is 5.93. The highest BCUT2D eigenvalue weighted by Crippen LogP contribution is 2.34. The van der Waals surface area contributed by atoms with Crippen molar-refractivity contribution in [1.29, 1.82) is 0 Å². The lowest BCUT2D eigenvalue weighted by Gasteiger charge is -2.21. The van der Waals surface area contributed by atoms with Gasteiger partial charge in [0.25, 0.3) is 0 Å². The summed E-state index contributed by atoms with van der Waals surface area (Å²) in [6.07, 6.45) is 4.61. The van der Waals surface area contributed by atoms with Crippen LogP contribution in [-0.4, -0.2) is 24.5 Å². The number of hydrogen-bond acceptors (Lipinski definition) is 4. The molecule has 1 aliphatic rings. The van der Waals surface area contributed by atoms with E-state index < -0.39 is 15.3 Å². The van der Waals surface area contributed by atoms with Crippen LogP contribution in [0.15, 0.2) is 41.0 Å². The molecule has 0 fully saturated rings. The Hall–Kier alpha value is -1.60. The second-order valence-electron chi connectivity index (χ2n) is 4.54. The Labute approximate surface area is 125 Å². The number of nitrogens with zero attached hydrogens (tertiary/aromatic N) is 2. The van der Waals surface area contributed by atoms with Gasteiger partial charge >= 0.3 is 0 Å². The fraction of sp³-hybridized carbons (Fsp3) is 0.154. The van der Waals surface area contributed by atoms with Gasteiger partial charge in [0, 0.05) is 18.0 Å². The van der Waals surface area contributed by atoms with Gasteiger partial charge in [0.05, 0.1) is 10.2 Å². The molecule has 1 atom stereocenters. The van der Waals surface area contributed by atoms with Gasteiger partial charge in [-0.1, -0.05) is 30.3 Å². The van der Waals surface area contributed by atoms with Crippen molar-refractivity contribution in [2.24, 2.45) is 0 Å². The summed E-state index contributed by atoms with van der Waals surface area (Å²) >= 11 is 3.51. The number of rotatable bonds is 2. The van der Waals surface area contributed by atoms with Crippen LogP contribution in [0.1, 0.15) is 11.2 Å². The molecule has 1 aromatic heterocycles. The van der Waals surface area contributed by atoms with Gasteiger partial charge in [0.15, 0.2) is 9.84 Å². The number of benzene rings is 1. The van der Waals surface area contributed by atoms with Crippen molar-refractivity contribution in [2.45, 2.75) is 5.50 Å². The SMILES string of the molecule is CS(=O)(=O)C1NC=Cc2c(Br)c(-c3ccccc3)nn21.